The van der Waals surface area contributed by atoms with Crippen LogP contribution in [0.15, 0.2) is 6.20 Å². The van der Waals surface area contributed by atoms with Crippen LogP contribution >= 0.6 is 0 Å². The van der Waals surface area contributed by atoms with Gasteiger partial charge in [0.2, 0.25) is 5.82 Å². The second-order valence-electron chi connectivity index (χ2n) is 4.56. The monoisotopic (exact) mass is 278 g/mol. The van der Waals surface area contributed by atoms with Crippen LogP contribution in [0.3, 0.4) is 0 Å². The molecule has 0 N–H and O–H groups in total. The zero-order valence-electron chi connectivity index (χ0n) is 10.2. The van der Waals surface area contributed by atoms with Gasteiger partial charge in [0.15, 0.2) is 0 Å². The van der Waals surface area contributed by atoms with E-state index in [0.29, 0.717) is 13.0 Å². The number of anilines is 1. The first-order valence-corrected chi connectivity index (χ1v) is 5.78. The molecular weight excluding hydrogens is 265 g/mol. The van der Waals surface area contributed by atoms with Gasteiger partial charge in [-0.2, -0.15) is 18.3 Å². The summed E-state index contributed by atoms with van der Waals surface area (Å²) in [5.74, 6) is -1.31. The third-order valence-electron chi connectivity index (χ3n) is 3.27. The molecule has 0 saturated carbocycles. The van der Waals surface area contributed by atoms with Crippen molar-refractivity contribution in [1.82, 2.24) is 9.78 Å². The highest BCUT2D eigenvalue weighted by molar-refractivity contribution is 5.57. The maximum absolute atomic E-state index is 12.7. The average molecular weight is 278 g/mol. The Hall–Kier alpha value is -1.80. The molecule has 19 heavy (non-hydrogen) atoms. The van der Waals surface area contributed by atoms with E-state index in [2.05, 4.69) is 5.10 Å². The predicted molar refractivity (Wildman–Crippen MR) is 60.9 cm³/mol. The molecule has 0 spiro atoms. The molecule has 1 aromatic rings. The van der Waals surface area contributed by atoms with E-state index in [0.717, 1.165) is 6.20 Å². The van der Waals surface area contributed by atoms with Crippen LogP contribution < -0.4 is 4.90 Å². The molecule has 0 amide bonds. The Morgan fingerprint density at radius 3 is 2.79 bits per heavy atom. The molecular formula is C10H13F3N4O2. The van der Waals surface area contributed by atoms with Gasteiger partial charge in [-0.1, -0.05) is 0 Å². The lowest BCUT2D eigenvalue weighted by molar-refractivity contribution is -0.384. The zero-order valence-corrected chi connectivity index (χ0v) is 10.2. The summed E-state index contributed by atoms with van der Waals surface area (Å²) in [4.78, 5) is 11.6. The van der Waals surface area contributed by atoms with Gasteiger partial charge in [0.05, 0.1) is 10.8 Å². The quantitative estimate of drug-likeness (QED) is 0.614. The molecule has 1 unspecified atom stereocenters. The number of nitrogens with zero attached hydrogens (tertiary/aromatic N) is 4. The van der Waals surface area contributed by atoms with Crippen LogP contribution in [0.5, 0.6) is 0 Å². The first kappa shape index (κ1) is 13.6. The molecule has 1 aliphatic heterocycles. The summed E-state index contributed by atoms with van der Waals surface area (Å²) in [6.45, 7) is 0.108. The molecule has 1 atom stereocenters. The highest BCUT2D eigenvalue weighted by atomic mass is 19.4. The lowest BCUT2D eigenvalue weighted by Gasteiger charge is -2.34. The van der Waals surface area contributed by atoms with Crippen molar-refractivity contribution in [2.24, 2.45) is 13.0 Å². The van der Waals surface area contributed by atoms with Gasteiger partial charge in [0.25, 0.3) is 0 Å². The van der Waals surface area contributed by atoms with E-state index in [1.165, 1.54) is 16.6 Å². The summed E-state index contributed by atoms with van der Waals surface area (Å²) in [7, 11) is 1.49. The van der Waals surface area contributed by atoms with Gasteiger partial charge in [-0.05, 0) is 12.8 Å². The predicted octanol–water partition coefficient (Wildman–Crippen LogP) is 2.11. The smallest absolute Gasteiger partial charge is 0.350 e. The first-order chi connectivity index (χ1) is 8.80. The van der Waals surface area contributed by atoms with Crippen LogP contribution in [0.25, 0.3) is 0 Å². The molecule has 0 aliphatic carbocycles. The van der Waals surface area contributed by atoms with E-state index in [-0.39, 0.29) is 24.5 Å². The number of hydrogen-bond acceptors (Lipinski definition) is 4. The third-order valence-corrected chi connectivity index (χ3v) is 3.27. The Morgan fingerprint density at radius 2 is 2.21 bits per heavy atom. The highest BCUT2D eigenvalue weighted by Crippen LogP contribution is 2.37. The number of alkyl halides is 3. The number of aryl methyl sites for hydroxylation is 1. The molecule has 9 heteroatoms. The normalized spacial score (nSPS) is 20.6. The van der Waals surface area contributed by atoms with E-state index in [1.807, 2.05) is 0 Å². The van der Waals surface area contributed by atoms with Crippen molar-refractivity contribution < 1.29 is 18.1 Å². The first-order valence-electron chi connectivity index (χ1n) is 5.78. The molecule has 0 radical (unpaired) electrons. The van der Waals surface area contributed by atoms with E-state index in [4.69, 9.17) is 0 Å². The van der Waals surface area contributed by atoms with Gasteiger partial charge in [-0.25, -0.2) is 4.68 Å². The Bertz CT molecular complexity index is 486. The van der Waals surface area contributed by atoms with Crippen LogP contribution in [0.2, 0.25) is 0 Å². The lowest BCUT2D eigenvalue weighted by atomic mass is 9.97. The standard InChI is InChI=1S/C10H13F3N4O2/c1-15-9(8(5-14-15)17(18)19)16-4-2-3-7(6-16)10(11,12)13/h5,7H,2-4,6H2,1H3. The molecule has 0 aromatic carbocycles. The second kappa shape index (κ2) is 4.71. The number of halogens is 3. The summed E-state index contributed by atoms with van der Waals surface area (Å²) in [5, 5.41) is 14.6. The van der Waals surface area contributed by atoms with Gasteiger partial charge in [-0.15, -0.1) is 0 Å². The summed E-state index contributed by atoms with van der Waals surface area (Å²) in [6.07, 6.45) is -2.79. The average Bonchev–Trinajstić information content (AvgIpc) is 2.70. The molecule has 0 bridgehead atoms. The molecule has 106 valence electrons. The minimum atomic E-state index is -4.27. The fourth-order valence-corrected chi connectivity index (χ4v) is 2.35. The van der Waals surface area contributed by atoms with Crippen LogP contribution in [0.4, 0.5) is 24.7 Å². The molecule has 1 saturated heterocycles. The van der Waals surface area contributed by atoms with Crippen LogP contribution in [-0.4, -0.2) is 34.0 Å². The molecule has 1 aliphatic rings. The van der Waals surface area contributed by atoms with Gasteiger partial charge in [-0.3, -0.25) is 10.1 Å². The maximum Gasteiger partial charge on any atom is 0.393 e. The Balaban J connectivity index is 2.27. The highest BCUT2D eigenvalue weighted by Gasteiger charge is 2.43. The van der Waals surface area contributed by atoms with Gasteiger partial charge < -0.3 is 4.90 Å². The van der Waals surface area contributed by atoms with Gasteiger partial charge >= 0.3 is 11.9 Å². The number of nitro groups is 1. The van der Waals surface area contributed by atoms with Crippen molar-refractivity contribution >= 4 is 11.5 Å². The van der Waals surface area contributed by atoms with Crippen molar-refractivity contribution in [2.45, 2.75) is 19.0 Å². The fraction of sp³-hybridized carbons (Fsp3) is 0.700. The number of rotatable bonds is 2. The minimum Gasteiger partial charge on any atom is -0.350 e. The Morgan fingerprint density at radius 1 is 1.53 bits per heavy atom. The fourth-order valence-electron chi connectivity index (χ4n) is 2.35. The molecule has 6 nitrogen and oxygen atoms in total. The van der Waals surface area contributed by atoms with Crippen molar-refractivity contribution in [1.29, 1.82) is 0 Å². The number of hydrogen-bond donors (Lipinski definition) is 0. The topological polar surface area (TPSA) is 64.2 Å². The molecule has 2 heterocycles. The minimum absolute atomic E-state index is 0.0612. The summed E-state index contributed by atoms with van der Waals surface area (Å²) >= 11 is 0. The van der Waals surface area contributed by atoms with Crippen molar-refractivity contribution in [3.63, 3.8) is 0 Å². The molecule has 2 rings (SSSR count). The van der Waals surface area contributed by atoms with Gasteiger partial charge in [0.1, 0.15) is 6.20 Å². The third kappa shape index (κ3) is 2.64. The van der Waals surface area contributed by atoms with E-state index >= 15 is 0 Å². The van der Waals surface area contributed by atoms with Crippen LogP contribution in [0, 0.1) is 16.0 Å². The molecule has 1 fully saturated rings. The van der Waals surface area contributed by atoms with Crippen LogP contribution in [-0.2, 0) is 7.05 Å². The van der Waals surface area contributed by atoms with Crippen molar-refractivity contribution in [3.8, 4) is 0 Å². The van der Waals surface area contributed by atoms with E-state index in [9.17, 15) is 23.3 Å². The maximum atomic E-state index is 12.7. The van der Waals surface area contributed by atoms with Crippen molar-refractivity contribution in [3.05, 3.63) is 16.3 Å². The molecule has 1 aromatic heterocycles. The van der Waals surface area contributed by atoms with Gasteiger partial charge in [0, 0.05) is 20.1 Å². The Kier molecular flexibility index (Phi) is 3.38. The van der Waals surface area contributed by atoms with E-state index < -0.39 is 17.0 Å². The Labute approximate surface area is 106 Å². The van der Waals surface area contributed by atoms with Crippen LogP contribution in [0.1, 0.15) is 12.8 Å². The number of piperidine rings is 1. The number of aromatic nitrogens is 2. The van der Waals surface area contributed by atoms with Crippen molar-refractivity contribution in [2.75, 3.05) is 18.0 Å². The zero-order chi connectivity index (χ0) is 14.2. The summed E-state index contributed by atoms with van der Waals surface area (Å²) in [5.41, 5.74) is -0.259. The largest absolute Gasteiger partial charge is 0.393 e. The summed E-state index contributed by atoms with van der Waals surface area (Å²) in [6, 6.07) is 0. The lowest BCUT2D eigenvalue weighted by Crippen LogP contribution is -2.42. The summed E-state index contributed by atoms with van der Waals surface area (Å²) < 4.78 is 39.4. The van der Waals surface area contributed by atoms with E-state index in [1.54, 1.807) is 0 Å². The second-order valence-corrected chi connectivity index (χ2v) is 4.56. The SMILES string of the molecule is Cn1ncc([N+](=O)[O-])c1N1CCCC(C(F)(F)F)C1.